The summed E-state index contributed by atoms with van der Waals surface area (Å²) in [5, 5.41) is 8.40. The maximum Gasteiger partial charge on any atom is 0.225 e. The Morgan fingerprint density at radius 2 is 1.95 bits per heavy atom. The van der Waals surface area contributed by atoms with Gasteiger partial charge in [0.2, 0.25) is 5.28 Å². The van der Waals surface area contributed by atoms with E-state index in [0.29, 0.717) is 5.28 Å². The molecule has 0 saturated carbocycles. The van der Waals surface area contributed by atoms with E-state index in [9.17, 15) is 4.39 Å². The standard InChI is InChI=1S/C14H17ClFN3/c1-9(10-6-5-7-11(16)8-10)19-12(14(2,3)4)17-18-13(19)15/h5-9H,1-4H3. The minimum atomic E-state index is -0.258. The van der Waals surface area contributed by atoms with Gasteiger partial charge in [0.05, 0.1) is 6.04 Å². The summed E-state index contributed by atoms with van der Waals surface area (Å²) in [4.78, 5) is 0. The fourth-order valence-electron chi connectivity index (χ4n) is 2.04. The van der Waals surface area contributed by atoms with E-state index in [4.69, 9.17) is 11.6 Å². The van der Waals surface area contributed by atoms with E-state index in [1.54, 1.807) is 6.07 Å². The first-order valence-corrected chi connectivity index (χ1v) is 6.55. The Hall–Kier alpha value is -1.42. The van der Waals surface area contributed by atoms with Crippen molar-refractivity contribution in [3.8, 4) is 0 Å². The zero-order chi connectivity index (χ0) is 14.2. The molecule has 0 radical (unpaired) electrons. The highest BCUT2D eigenvalue weighted by molar-refractivity contribution is 6.28. The Labute approximate surface area is 117 Å². The summed E-state index contributed by atoms with van der Waals surface area (Å²) in [5.41, 5.74) is 0.661. The van der Waals surface area contributed by atoms with Gasteiger partial charge >= 0.3 is 0 Å². The molecule has 5 heteroatoms. The lowest BCUT2D eigenvalue weighted by Crippen LogP contribution is -2.21. The largest absolute Gasteiger partial charge is 0.294 e. The summed E-state index contributed by atoms with van der Waals surface area (Å²) in [5.74, 6) is 0.528. The summed E-state index contributed by atoms with van der Waals surface area (Å²) in [6.45, 7) is 8.09. The first-order chi connectivity index (χ1) is 8.80. The second-order valence-electron chi connectivity index (χ2n) is 5.64. The Kier molecular flexibility index (Phi) is 3.63. The molecule has 0 N–H and O–H groups in total. The van der Waals surface area contributed by atoms with E-state index in [0.717, 1.165) is 11.4 Å². The lowest BCUT2D eigenvalue weighted by atomic mass is 9.95. The monoisotopic (exact) mass is 281 g/mol. The molecule has 2 rings (SSSR count). The molecule has 0 aliphatic rings. The highest BCUT2D eigenvalue weighted by Gasteiger charge is 2.26. The predicted octanol–water partition coefficient (Wildman–Crippen LogP) is 3.98. The van der Waals surface area contributed by atoms with E-state index >= 15 is 0 Å². The maximum absolute atomic E-state index is 13.3. The molecule has 0 spiro atoms. The van der Waals surface area contributed by atoms with Crippen molar-refractivity contribution in [1.82, 2.24) is 14.8 Å². The summed E-state index contributed by atoms with van der Waals surface area (Å²) in [6, 6.07) is 6.38. The number of hydrogen-bond acceptors (Lipinski definition) is 2. The minimum absolute atomic E-state index is 0.118. The van der Waals surface area contributed by atoms with Crippen molar-refractivity contribution < 1.29 is 4.39 Å². The van der Waals surface area contributed by atoms with Gasteiger partial charge in [0.1, 0.15) is 11.6 Å². The lowest BCUT2D eigenvalue weighted by Gasteiger charge is -2.23. The molecule has 1 aromatic heterocycles. The van der Waals surface area contributed by atoms with Crippen molar-refractivity contribution in [3.05, 3.63) is 46.8 Å². The van der Waals surface area contributed by atoms with Gasteiger partial charge < -0.3 is 0 Å². The molecule has 3 nitrogen and oxygen atoms in total. The molecule has 0 amide bonds. The summed E-state index contributed by atoms with van der Waals surface area (Å²) < 4.78 is 15.2. The van der Waals surface area contributed by atoms with E-state index in [1.165, 1.54) is 12.1 Å². The molecule has 0 fully saturated rings. The van der Waals surface area contributed by atoms with Crippen LogP contribution in [0, 0.1) is 5.82 Å². The van der Waals surface area contributed by atoms with E-state index in [1.807, 2.05) is 38.3 Å². The van der Waals surface area contributed by atoms with E-state index in [2.05, 4.69) is 10.2 Å². The van der Waals surface area contributed by atoms with Crippen LogP contribution in [0.5, 0.6) is 0 Å². The third-order valence-electron chi connectivity index (χ3n) is 3.04. The number of nitrogens with zero attached hydrogens (tertiary/aromatic N) is 3. The van der Waals surface area contributed by atoms with Crippen LogP contribution >= 0.6 is 11.6 Å². The van der Waals surface area contributed by atoms with Crippen LogP contribution in [0.15, 0.2) is 24.3 Å². The van der Waals surface area contributed by atoms with Crippen LogP contribution < -0.4 is 0 Å². The summed E-state index contributed by atoms with van der Waals surface area (Å²) in [7, 11) is 0. The van der Waals surface area contributed by atoms with Crippen LogP contribution in [-0.4, -0.2) is 14.8 Å². The average molecular weight is 282 g/mol. The van der Waals surface area contributed by atoms with Gasteiger partial charge in [-0.1, -0.05) is 32.9 Å². The van der Waals surface area contributed by atoms with Crippen molar-refractivity contribution in [3.63, 3.8) is 0 Å². The van der Waals surface area contributed by atoms with Gasteiger partial charge in [0, 0.05) is 5.41 Å². The molecular formula is C14H17ClFN3. The van der Waals surface area contributed by atoms with Crippen LogP contribution in [0.25, 0.3) is 0 Å². The van der Waals surface area contributed by atoms with Crippen LogP contribution in [0.2, 0.25) is 5.28 Å². The zero-order valence-corrected chi connectivity index (χ0v) is 12.2. The number of halogens is 2. The molecule has 2 aromatic rings. The SMILES string of the molecule is CC(c1cccc(F)c1)n1c(Cl)nnc1C(C)(C)C. The number of hydrogen-bond donors (Lipinski definition) is 0. The summed E-state index contributed by atoms with van der Waals surface area (Å²) >= 11 is 6.13. The number of benzene rings is 1. The third kappa shape index (κ3) is 2.78. The lowest BCUT2D eigenvalue weighted by molar-refractivity contribution is 0.480. The molecule has 1 heterocycles. The van der Waals surface area contributed by atoms with Gasteiger partial charge in [-0.3, -0.25) is 4.57 Å². The fourth-order valence-corrected chi connectivity index (χ4v) is 2.31. The molecule has 19 heavy (non-hydrogen) atoms. The topological polar surface area (TPSA) is 30.7 Å². The Bertz CT molecular complexity index is 587. The van der Waals surface area contributed by atoms with E-state index < -0.39 is 0 Å². The normalized spacial score (nSPS) is 13.6. The fraction of sp³-hybridized carbons (Fsp3) is 0.429. The molecule has 1 atom stereocenters. The van der Waals surface area contributed by atoms with Gasteiger partial charge in [-0.25, -0.2) is 4.39 Å². The van der Waals surface area contributed by atoms with Crippen molar-refractivity contribution >= 4 is 11.6 Å². The van der Waals surface area contributed by atoms with Gasteiger partial charge in [0.25, 0.3) is 0 Å². The van der Waals surface area contributed by atoms with Gasteiger partial charge in [-0.05, 0) is 36.2 Å². The Morgan fingerprint density at radius 1 is 1.26 bits per heavy atom. The molecular weight excluding hydrogens is 265 g/mol. The van der Waals surface area contributed by atoms with Crippen molar-refractivity contribution in [2.75, 3.05) is 0 Å². The van der Waals surface area contributed by atoms with Gasteiger partial charge in [0.15, 0.2) is 0 Å². The average Bonchev–Trinajstić information content (AvgIpc) is 2.70. The van der Waals surface area contributed by atoms with Crippen molar-refractivity contribution in [1.29, 1.82) is 0 Å². The first kappa shape index (κ1) is 14.0. The molecule has 0 aliphatic heterocycles. The third-order valence-corrected chi connectivity index (χ3v) is 3.30. The molecule has 0 aliphatic carbocycles. The Morgan fingerprint density at radius 3 is 2.53 bits per heavy atom. The van der Waals surface area contributed by atoms with Crippen LogP contribution in [0.3, 0.4) is 0 Å². The number of rotatable bonds is 2. The smallest absolute Gasteiger partial charge is 0.225 e. The predicted molar refractivity (Wildman–Crippen MR) is 73.9 cm³/mol. The van der Waals surface area contributed by atoms with E-state index in [-0.39, 0.29) is 17.3 Å². The zero-order valence-electron chi connectivity index (χ0n) is 11.5. The Balaban J connectivity index is 2.50. The van der Waals surface area contributed by atoms with Crippen LogP contribution in [0.1, 0.15) is 45.1 Å². The first-order valence-electron chi connectivity index (χ1n) is 6.17. The quantitative estimate of drug-likeness (QED) is 0.834. The molecule has 102 valence electrons. The second kappa shape index (κ2) is 4.93. The van der Waals surface area contributed by atoms with Crippen molar-refractivity contribution in [2.24, 2.45) is 0 Å². The minimum Gasteiger partial charge on any atom is -0.294 e. The molecule has 0 saturated heterocycles. The van der Waals surface area contributed by atoms with Crippen LogP contribution in [-0.2, 0) is 5.41 Å². The van der Waals surface area contributed by atoms with Crippen LogP contribution in [0.4, 0.5) is 4.39 Å². The molecule has 0 bridgehead atoms. The molecule has 1 unspecified atom stereocenters. The van der Waals surface area contributed by atoms with Gasteiger partial charge in [-0.2, -0.15) is 0 Å². The highest BCUT2D eigenvalue weighted by Crippen LogP contribution is 2.29. The number of aromatic nitrogens is 3. The highest BCUT2D eigenvalue weighted by atomic mass is 35.5. The van der Waals surface area contributed by atoms with Gasteiger partial charge in [-0.15, -0.1) is 10.2 Å². The van der Waals surface area contributed by atoms with Crippen molar-refractivity contribution in [2.45, 2.75) is 39.2 Å². The summed E-state index contributed by atoms with van der Waals surface area (Å²) in [6.07, 6.45) is 0. The second-order valence-corrected chi connectivity index (χ2v) is 5.98. The molecule has 1 aromatic carbocycles. The maximum atomic E-state index is 13.3.